The van der Waals surface area contributed by atoms with E-state index in [1.807, 2.05) is 0 Å². The predicted octanol–water partition coefficient (Wildman–Crippen LogP) is 2.31. The van der Waals surface area contributed by atoms with Crippen molar-refractivity contribution in [2.45, 2.75) is 19.9 Å². The van der Waals surface area contributed by atoms with Crippen LogP contribution in [0.4, 0.5) is 0 Å². The lowest BCUT2D eigenvalue weighted by Gasteiger charge is -2.40. The second-order valence-electron chi connectivity index (χ2n) is 6.01. The summed E-state index contributed by atoms with van der Waals surface area (Å²) < 4.78 is 5.43. The van der Waals surface area contributed by atoms with E-state index in [1.54, 1.807) is 0 Å². The molecule has 1 saturated heterocycles. The minimum absolute atomic E-state index is 0.188. The van der Waals surface area contributed by atoms with Gasteiger partial charge >= 0.3 is 0 Å². The first kappa shape index (κ1) is 14.5. The molecule has 0 bridgehead atoms. The molecule has 1 aliphatic rings. The molecule has 0 saturated carbocycles. The van der Waals surface area contributed by atoms with E-state index in [4.69, 9.17) is 4.74 Å². The van der Waals surface area contributed by atoms with Crippen molar-refractivity contribution >= 4 is 0 Å². The highest BCUT2D eigenvalue weighted by atomic mass is 16.5. The molecule has 1 atom stereocenters. The third-order valence-electron chi connectivity index (χ3n) is 3.94. The van der Waals surface area contributed by atoms with Crippen molar-refractivity contribution in [2.75, 3.05) is 39.9 Å². The van der Waals surface area contributed by atoms with Crippen LogP contribution in [0.25, 0.3) is 0 Å². The van der Waals surface area contributed by atoms with E-state index in [2.05, 4.69) is 61.4 Å². The van der Waals surface area contributed by atoms with Gasteiger partial charge in [-0.15, -0.1) is 0 Å². The van der Waals surface area contributed by atoms with Gasteiger partial charge in [0.05, 0.1) is 13.2 Å². The number of nitrogens with one attached hydrogen (secondary N) is 1. The Balaban J connectivity index is 2.07. The largest absolute Gasteiger partial charge is 0.379 e. The molecule has 3 nitrogen and oxygen atoms in total. The molecule has 2 rings (SSSR count). The van der Waals surface area contributed by atoms with E-state index in [0.717, 1.165) is 32.8 Å². The summed E-state index contributed by atoms with van der Waals surface area (Å²) in [6.45, 7) is 9.62. The number of ether oxygens (including phenoxy) is 1. The number of rotatable bonds is 5. The molecule has 1 N–H and O–H groups in total. The van der Waals surface area contributed by atoms with Gasteiger partial charge in [0.2, 0.25) is 0 Å². The Morgan fingerprint density at radius 1 is 1.21 bits per heavy atom. The van der Waals surface area contributed by atoms with Gasteiger partial charge in [-0.1, -0.05) is 44.2 Å². The van der Waals surface area contributed by atoms with Crippen molar-refractivity contribution < 1.29 is 4.74 Å². The van der Waals surface area contributed by atoms with Crippen molar-refractivity contribution in [1.82, 2.24) is 10.2 Å². The minimum Gasteiger partial charge on any atom is -0.379 e. The van der Waals surface area contributed by atoms with Crippen LogP contribution in [0.1, 0.15) is 25.5 Å². The SMILES string of the molecule is CNC(c1ccccc1)C(C)(C)CN1CCOCC1. The number of benzene rings is 1. The van der Waals surface area contributed by atoms with E-state index in [-0.39, 0.29) is 5.41 Å². The topological polar surface area (TPSA) is 24.5 Å². The molecule has 1 unspecified atom stereocenters. The van der Waals surface area contributed by atoms with Crippen LogP contribution in [0.15, 0.2) is 30.3 Å². The summed E-state index contributed by atoms with van der Waals surface area (Å²) >= 11 is 0. The number of hydrogen-bond acceptors (Lipinski definition) is 3. The van der Waals surface area contributed by atoms with Gasteiger partial charge < -0.3 is 10.1 Å². The summed E-state index contributed by atoms with van der Waals surface area (Å²) in [5, 5.41) is 3.49. The molecule has 1 aliphatic heterocycles. The van der Waals surface area contributed by atoms with Gasteiger partial charge in [-0.05, 0) is 18.0 Å². The van der Waals surface area contributed by atoms with Crippen LogP contribution in [0.3, 0.4) is 0 Å². The zero-order valence-electron chi connectivity index (χ0n) is 12.4. The van der Waals surface area contributed by atoms with Gasteiger partial charge in [0, 0.05) is 25.7 Å². The van der Waals surface area contributed by atoms with Crippen LogP contribution >= 0.6 is 0 Å². The lowest BCUT2D eigenvalue weighted by molar-refractivity contribution is 0.0152. The van der Waals surface area contributed by atoms with Crippen LogP contribution in [0.2, 0.25) is 0 Å². The summed E-state index contributed by atoms with van der Waals surface area (Å²) in [5.74, 6) is 0. The van der Waals surface area contributed by atoms with Gasteiger partial charge in [-0.2, -0.15) is 0 Å². The Kier molecular flexibility index (Phi) is 4.97. The van der Waals surface area contributed by atoms with Crippen LogP contribution < -0.4 is 5.32 Å². The summed E-state index contributed by atoms with van der Waals surface area (Å²) in [4.78, 5) is 2.51. The number of hydrogen-bond donors (Lipinski definition) is 1. The van der Waals surface area contributed by atoms with Crippen molar-refractivity contribution in [1.29, 1.82) is 0 Å². The lowest BCUT2D eigenvalue weighted by Crippen LogP contribution is -2.46. The molecule has 0 spiro atoms. The van der Waals surface area contributed by atoms with Crippen molar-refractivity contribution in [2.24, 2.45) is 5.41 Å². The maximum atomic E-state index is 5.43. The van der Waals surface area contributed by atoms with Crippen LogP contribution in [-0.4, -0.2) is 44.8 Å². The Bertz CT molecular complexity index is 372. The van der Waals surface area contributed by atoms with Gasteiger partial charge in [-0.3, -0.25) is 4.90 Å². The first-order chi connectivity index (χ1) is 9.13. The first-order valence-corrected chi connectivity index (χ1v) is 7.16. The molecule has 3 heteroatoms. The summed E-state index contributed by atoms with van der Waals surface area (Å²) in [7, 11) is 2.05. The molecule has 0 aliphatic carbocycles. The summed E-state index contributed by atoms with van der Waals surface area (Å²) in [5.41, 5.74) is 1.55. The summed E-state index contributed by atoms with van der Waals surface area (Å²) in [6.07, 6.45) is 0. The smallest absolute Gasteiger partial charge is 0.0594 e. The molecule has 106 valence electrons. The van der Waals surface area contributed by atoms with Gasteiger partial charge in [0.25, 0.3) is 0 Å². The Morgan fingerprint density at radius 2 is 1.84 bits per heavy atom. The number of morpholine rings is 1. The van der Waals surface area contributed by atoms with Gasteiger partial charge in [0.15, 0.2) is 0 Å². The molecule has 1 aromatic carbocycles. The average molecular weight is 262 g/mol. The Labute approximate surface area is 116 Å². The van der Waals surface area contributed by atoms with E-state index in [1.165, 1.54) is 5.56 Å². The van der Waals surface area contributed by atoms with Crippen LogP contribution in [0.5, 0.6) is 0 Å². The fourth-order valence-corrected chi connectivity index (χ4v) is 3.08. The monoisotopic (exact) mass is 262 g/mol. The Morgan fingerprint density at radius 3 is 2.42 bits per heavy atom. The van der Waals surface area contributed by atoms with Crippen molar-refractivity contribution in [3.05, 3.63) is 35.9 Å². The van der Waals surface area contributed by atoms with E-state index >= 15 is 0 Å². The van der Waals surface area contributed by atoms with Gasteiger partial charge in [0.1, 0.15) is 0 Å². The fourth-order valence-electron chi connectivity index (χ4n) is 3.08. The van der Waals surface area contributed by atoms with Crippen molar-refractivity contribution in [3.8, 4) is 0 Å². The highest BCUT2D eigenvalue weighted by Crippen LogP contribution is 2.34. The maximum absolute atomic E-state index is 5.43. The zero-order valence-corrected chi connectivity index (χ0v) is 12.4. The third-order valence-corrected chi connectivity index (χ3v) is 3.94. The summed E-state index contributed by atoms with van der Waals surface area (Å²) in [6, 6.07) is 11.1. The third kappa shape index (κ3) is 3.78. The first-order valence-electron chi connectivity index (χ1n) is 7.16. The van der Waals surface area contributed by atoms with E-state index in [0.29, 0.717) is 6.04 Å². The maximum Gasteiger partial charge on any atom is 0.0594 e. The molecule has 19 heavy (non-hydrogen) atoms. The van der Waals surface area contributed by atoms with Crippen molar-refractivity contribution in [3.63, 3.8) is 0 Å². The fraction of sp³-hybridized carbons (Fsp3) is 0.625. The number of nitrogens with zero attached hydrogens (tertiary/aromatic N) is 1. The van der Waals surface area contributed by atoms with Gasteiger partial charge in [-0.25, -0.2) is 0 Å². The zero-order chi connectivity index (χ0) is 13.7. The minimum atomic E-state index is 0.188. The molecule has 0 amide bonds. The molecule has 1 fully saturated rings. The second kappa shape index (κ2) is 6.51. The standard InChI is InChI=1S/C16H26N2O/c1-16(2,13-18-9-11-19-12-10-18)15(17-3)14-7-5-4-6-8-14/h4-8,15,17H,9-13H2,1-3H3. The molecule has 1 aromatic rings. The molecule has 0 radical (unpaired) electrons. The van der Waals surface area contributed by atoms with Crippen LogP contribution in [-0.2, 0) is 4.74 Å². The predicted molar refractivity (Wildman–Crippen MR) is 79.3 cm³/mol. The Hall–Kier alpha value is -0.900. The normalized spacial score (nSPS) is 19.3. The highest BCUT2D eigenvalue weighted by molar-refractivity contribution is 5.21. The quantitative estimate of drug-likeness (QED) is 0.881. The average Bonchev–Trinajstić information content (AvgIpc) is 2.41. The molecular weight excluding hydrogens is 236 g/mol. The highest BCUT2D eigenvalue weighted by Gasteiger charge is 2.32. The molecule has 0 aromatic heterocycles. The lowest BCUT2D eigenvalue weighted by atomic mass is 9.80. The van der Waals surface area contributed by atoms with E-state index < -0.39 is 0 Å². The van der Waals surface area contributed by atoms with E-state index in [9.17, 15) is 0 Å². The van der Waals surface area contributed by atoms with Crippen LogP contribution in [0, 0.1) is 5.41 Å². The molecule has 1 heterocycles. The second-order valence-corrected chi connectivity index (χ2v) is 6.01. The molecular formula is C16H26N2O.